The number of hydrogen-bond acceptors (Lipinski definition) is 5. The minimum absolute atomic E-state index is 0.296. The number of benzene rings is 1. The highest BCUT2D eigenvalue weighted by atomic mass is 16.5. The van der Waals surface area contributed by atoms with Crippen molar-refractivity contribution < 1.29 is 19.1 Å². The Hall–Kier alpha value is -2.89. The van der Waals surface area contributed by atoms with Gasteiger partial charge in [0.25, 0.3) is 11.8 Å². The number of carbonyl (C=O) groups is 2. The molecule has 1 aromatic heterocycles. The zero-order valence-corrected chi connectivity index (χ0v) is 11.5. The van der Waals surface area contributed by atoms with Crippen molar-refractivity contribution in [3.8, 4) is 11.5 Å². The van der Waals surface area contributed by atoms with Crippen LogP contribution in [0, 0.1) is 0 Å². The molecule has 0 saturated carbocycles. The lowest BCUT2D eigenvalue weighted by molar-refractivity contribution is 0.0926. The van der Waals surface area contributed by atoms with Crippen LogP contribution in [-0.4, -0.2) is 31.0 Å². The topological polar surface area (TPSA) is 68.7 Å². The van der Waals surface area contributed by atoms with Crippen LogP contribution >= 0.6 is 0 Å². The van der Waals surface area contributed by atoms with E-state index in [1.807, 2.05) is 0 Å². The van der Waals surface area contributed by atoms with E-state index in [0.717, 1.165) is 4.90 Å². The van der Waals surface area contributed by atoms with Gasteiger partial charge in [-0.05, 0) is 6.07 Å². The van der Waals surface area contributed by atoms with Crippen LogP contribution in [0.3, 0.4) is 0 Å². The largest absolute Gasteiger partial charge is 0.497 e. The summed E-state index contributed by atoms with van der Waals surface area (Å²) in [6, 6.07) is 6.42. The van der Waals surface area contributed by atoms with Gasteiger partial charge in [0.15, 0.2) is 0 Å². The summed E-state index contributed by atoms with van der Waals surface area (Å²) < 4.78 is 10.3. The van der Waals surface area contributed by atoms with E-state index >= 15 is 0 Å². The van der Waals surface area contributed by atoms with Gasteiger partial charge < -0.3 is 9.47 Å². The lowest BCUT2D eigenvalue weighted by Gasteiger charge is -2.16. The molecule has 0 aliphatic carbocycles. The maximum atomic E-state index is 12.4. The highest BCUT2D eigenvalue weighted by Gasteiger charge is 2.37. The first-order valence-electron chi connectivity index (χ1n) is 6.21. The molecule has 1 aromatic carbocycles. The molecule has 0 fully saturated rings. The Labute approximate surface area is 120 Å². The number of pyridine rings is 1. The molecule has 106 valence electrons. The van der Waals surface area contributed by atoms with E-state index in [9.17, 15) is 9.59 Å². The number of hydrogen-bond donors (Lipinski definition) is 0. The average molecular weight is 284 g/mol. The van der Waals surface area contributed by atoms with E-state index in [1.165, 1.54) is 32.7 Å². The lowest BCUT2D eigenvalue weighted by Crippen LogP contribution is -2.29. The summed E-state index contributed by atoms with van der Waals surface area (Å²) in [5, 5.41) is 0. The van der Waals surface area contributed by atoms with Gasteiger partial charge >= 0.3 is 0 Å². The molecule has 0 radical (unpaired) electrons. The summed E-state index contributed by atoms with van der Waals surface area (Å²) in [5.74, 6) is 0.212. The van der Waals surface area contributed by atoms with Crippen molar-refractivity contribution in [3.63, 3.8) is 0 Å². The Morgan fingerprint density at radius 2 is 1.57 bits per heavy atom. The van der Waals surface area contributed by atoms with Crippen molar-refractivity contribution in [2.24, 2.45) is 0 Å². The van der Waals surface area contributed by atoms with Gasteiger partial charge in [0, 0.05) is 30.6 Å². The van der Waals surface area contributed by atoms with Crippen LogP contribution in [0.15, 0.2) is 36.7 Å². The predicted octanol–water partition coefficient (Wildman–Crippen LogP) is 1.90. The number of aromatic nitrogens is 1. The number of methoxy groups -OCH3 is 2. The van der Waals surface area contributed by atoms with E-state index in [-0.39, 0.29) is 5.91 Å². The Kier molecular flexibility index (Phi) is 3.06. The van der Waals surface area contributed by atoms with Crippen LogP contribution < -0.4 is 14.4 Å². The molecule has 0 N–H and O–H groups in total. The van der Waals surface area contributed by atoms with Gasteiger partial charge in [-0.3, -0.25) is 14.6 Å². The maximum absolute atomic E-state index is 12.4. The zero-order valence-electron chi connectivity index (χ0n) is 11.5. The molecule has 0 saturated heterocycles. The number of amides is 2. The maximum Gasteiger partial charge on any atom is 0.267 e. The molecule has 2 heterocycles. The van der Waals surface area contributed by atoms with E-state index in [4.69, 9.17) is 9.47 Å². The second-order valence-electron chi connectivity index (χ2n) is 4.44. The Morgan fingerprint density at radius 3 is 2.14 bits per heavy atom. The van der Waals surface area contributed by atoms with Crippen LogP contribution in [0.25, 0.3) is 0 Å². The molecule has 6 heteroatoms. The number of nitrogens with zero attached hydrogens (tertiary/aromatic N) is 2. The van der Waals surface area contributed by atoms with Gasteiger partial charge in [0.1, 0.15) is 11.5 Å². The predicted molar refractivity (Wildman–Crippen MR) is 74.9 cm³/mol. The SMILES string of the molecule is COc1cc(OC)cc(N2C(=O)c3ccncc3C2=O)c1. The van der Waals surface area contributed by atoms with Gasteiger partial charge in [0.2, 0.25) is 0 Å². The Bertz CT molecular complexity index is 685. The van der Waals surface area contributed by atoms with Crippen molar-refractivity contribution in [2.45, 2.75) is 0 Å². The third-order valence-corrected chi connectivity index (χ3v) is 3.28. The molecular formula is C15H12N2O4. The molecule has 0 atom stereocenters. The number of rotatable bonds is 3. The average Bonchev–Trinajstić information content (AvgIpc) is 2.78. The molecule has 3 rings (SSSR count). The summed E-state index contributed by atoms with van der Waals surface area (Å²) in [7, 11) is 3.01. The number of fused-ring (bicyclic) bond motifs is 1. The number of anilines is 1. The van der Waals surface area contributed by atoms with Crippen molar-refractivity contribution in [2.75, 3.05) is 19.1 Å². The monoisotopic (exact) mass is 284 g/mol. The minimum atomic E-state index is -0.404. The van der Waals surface area contributed by atoms with Crippen LogP contribution in [0.2, 0.25) is 0 Å². The van der Waals surface area contributed by atoms with Gasteiger partial charge in [0.05, 0.1) is 31.0 Å². The quantitative estimate of drug-likeness (QED) is 0.805. The molecule has 0 bridgehead atoms. The summed E-state index contributed by atoms with van der Waals surface area (Å²) in [6.07, 6.45) is 2.88. The molecule has 1 aliphatic rings. The molecule has 1 aliphatic heterocycles. The van der Waals surface area contributed by atoms with Crippen LogP contribution in [0.4, 0.5) is 5.69 Å². The fraction of sp³-hybridized carbons (Fsp3) is 0.133. The number of carbonyl (C=O) groups excluding carboxylic acids is 2. The fourth-order valence-corrected chi connectivity index (χ4v) is 2.24. The van der Waals surface area contributed by atoms with Crippen LogP contribution in [0.1, 0.15) is 20.7 Å². The standard InChI is InChI=1S/C15H12N2O4/c1-20-10-5-9(6-11(7-10)21-2)17-14(18)12-3-4-16-8-13(12)15(17)19/h3-8H,1-2H3. The van der Waals surface area contributed by atoms with Crippen molar-refractivity contribution >= 4 is 17.5 Å². The molecule has 0 spiro atoms. The Morgan fingerprint density at radius 1 is 0.952 bits per heavy atom. The normalized spacial score (nSPS) is 13.3. The zero-order chi connectivity index (χ0) is 15.0. The highest BCUT2D eigenvalue weighted by molar-refractivity contribution is 6.34. The first kappa shape index (κ1) is 13.1. The first-order chi connectivity index (χ1) is 10.2. The van der Waals surface area contributed by atoms with Crippen molar-refractivity contribution in [1.82, 2.24) is 4.98 Å². The van der Waals surface area contributed by atoms with Gasteiger partial charge in [-0.15, -0.1) is 0 Å². The molecular weight excluding hydrogens is 272 g/mol. The van der Waals surface area contributed by atoms with E-state index < -0.39 is 5.91 Å². The van der Waals surface area contributed by atoms with Crippen molar-refractivity contribution in [1.29, 1.82) is 0 Å². The summed E-state index contributed by atoms with van der Waals surface area (Å²) in [4.78, 5) is 29.8. The minimum Gasteiger partial charge on any atom is -0.497 e. The number of imide groups is 1. The summed E-state index contributed by atoms with van der Waals surface area (Å²) in [5.41, 5.74) is 1.04. The van der Waals surface area contributed by atoms with Crippen LogP contribution in [0.5, 0.6) is 11.5 Å². The molecule has 0 unspecified atom stereocenters. The molecule has 6 nitrogen and oxygen atoms in total. The van der Waals surface area contributed by atoms with Gasteiger partial charge in [-0.1, -0.05) is 0 Å². The van der Waals surface area contributed by atoms with Gasteiger partial charge in [-0.2, -0.15) is 0 Å². The van der Waals surface area contributed by atoms with E-state index in [2.05, 4.69) is 4.98 Å². The summed E-state index contributed by atoms with van der Waals surface area (Å²) >= 11 is 0. The first-order valence-corrected chi connectivity index (χ1v) is 6.21. The third-order valence-electron chi connectivity index (χ3n) is 3.28. The highest BCUT2D eigenvalue weighted by Crippen LogP contribution is 2.33. The van der Waals surface area contributed by atoms with E-state index in [0.29, 0.717) is 28.3 Å². The van der Waals surface area contributed by atoms with Gasteiger partial charge in [-0.25, -0.2) is 4.90 Å². The summed E-state index contributed by atoms with van der Waals surface area (Å²) in [6.45, 7) is 0. The van der Waals surface area contributed by atoms with E-state index in [1.54, 1.807) is 18.2 Å². The molecule has 21 heavy (non-hydrogen) atoms. The second kappa shape index (κ2) is 4.90. The van der Waals surface area contributed by atoms with Crippen LogP contribution in [-0.2, 0) is 0 Å². The smallest absolute Gasteiger partial charge is 0.267 e. The molecule has 2 aromatic rings. The third kappa shape index (κ3) is 2.01. The fourth-order valence-electron chi connectivity index (χ4n) is 2.24. The van der Waals surface area contributed by atoms with Crippen molar-refractivity contribution in [3.05, 3.63) is 47.8 Å². The molecule has 2 amide bonds. The lowest BCUT2D eigenvalue weighted by atomic mass is 10.2. The number of ether oxygens (including phenoxy) is 2. The second-order valence-corrected chi connectivity index (χ2v) is 4.44. The Balaban J connectivity index is 2.10.